The molecule has 150 valence electrons. The molecule has 0 aliphatic heterocycles. The Bertz CT molecular complexity index is 824. The summed E-state index contributed by atoms with van der Waals surface area (Å²) in [5.41, 5.74) is 3.69. The molecular weight excluding hydrogens is 350 g/mol. The van der Waals surface area contributed by atoms with Gasteiger partial charge in [0.2, 0.25) is 0 Å². The Morgan fingerprint density at radius 1 is 1.11 bits per heavy atom. The van der Waals surface area contributed by atoms with Gasteiger partial charge in [0.15, 0.2) is 0 Å². The van der Waals surface area contributed by atoms with Crippen LogP contribution in [0.25, 0.3) is 0 Å². The SMILES string of the molecule is CCCN(CCC)C(=O)c1cc(C(=O)Nc2c(C)cccc2C(C)C)ccn1. The smallest absolute Gasteiger partial charge is 0.272 e. The molecule has 0 unspecified atom stereocenters. The highest BCUT2D eigenvalue weighted by Gasteiger charge is 2.18. The molecular formula is C23H31N3O2. The van der Waals surface area contributed by atoms with E-state index in [4.69, 9.17) is 0 Å². The lowest BCUT2D eigenvalue weighted by molar-refractivity contribution is 0.0749. The number of nitrogens with one attached hydrogen (secondary N) is 1. The number of carbonyl (C=O) groups excluding carboxylic acids is 2. The molecule has 0 saturated heterocycles. The second kappa shape index (κ2) is 10.0. The highest BCUT2D eigenvalue weighted by molar-refractivity contribution is 6.06. The first-order valence-corrected chi connectivity index (χ1v) is 10.0. The number of hydrogen-bond acceptors (Lipinski definition) is 3. The second-order valence-electron chi connectivity index (χ2n) is 7.37. The molecule has 2 rings (SSSR count). The van der Waals surface area contributed by atoms with Crippen LogP contribution in [0, 0.1) is 6.92 Å². The molecule has 1 N–H and O–H groups in total. The Kier molecular flexibility index (Phi) is 7.73. The molecule has 0 saturated carbocycles. The van der Waals surface area contributed by atoms with Crippen molar-refractivity contribution >= 4 is 17.5 Å². The van der Waals surface area contributed by atoms with Crippen LogP contribution in [-0.2, 0) is 0 Å². The summed E-state index contributed by atoms with van der Waals surface area (Å²) in [6.07, 6.45) is 3.30. The standard InChI is InChI=1S/C23H31N3O2/c1-6-13-26(14-7-2)23(28)20-15-18(11-12-24-20)22(27)25-21-17(5)9-8-10-19(21)16(3)4/h8-12,15-16H,6-7,13-14H2,1-5H3,(H,25,27). The number of aryl methyl sites for hydroxylation is 1. The quantitative estimate of drug-likeness (QED) is 0.698. The van der Waals surface area contributed by atoms with E-state index >= 15 is 0 Å². The molecule has 1 aromatic heterocycles. The first kappa shape index (κ1) is 21.6. The first-order valence-electron chi connectivity index (χ1n) is 10.0. The summed E-state index contributed by atoms with van der Waals surface area (Å²) in [5, 5.41) is 3.03. The van der Waals surface area contributed by atoms with Crippen LogP contribution in [0.5, 0.6) is 0 Å². The van der Waals surface area contributed by atoms with Crippen molar-refractivity contribution in [3.05, 3.63) is 58.9 Å². The van der Waals surface area contributed by atoms with Crippen molar-refractivity contribution in [2.75, 3.05) is 18.4 Å². The molecule has 0 bridgehead atoms. The van der Waals surface area contributed by atoms with Crippen LogP contribution in [-0.4, -0.2) is 34.8 Å². The Hall–Kier alpha value is -2.69. The van der Waals surface area contributed by atoms with Crippen LogP contribution in [0.4, 0.5) is 5.69 Å². The van der Waals surface area contributed by atoms with Crippen molar-refractivity contribution in [1.82, 2.24) is 9.88 Å². The molecule has 2 amide bonds. The molecule has 0 aliphatic rings. The van der Waals surface area contributed by atoms with E-state index in [0.717, 1.165) is 29.7 Å². The number of aromatic nitrogens is 1. The number of nitrogens with zero attached hydrogens (tertiary/aromatic N) is 2. The number of hydrogen-bond donors (Lipinski definition) is 1. The van der Waals surface area contributed by atoms with Crippen LogP contribution >= 0.6 is 0 Å². The Balaban J connectivity index is 2.27. The lowest BCUT2D eigenvalue weighted by atomic mass is 9.98. The van der Waals surface area contributed by atoms with Gasteiger partial charge in [-0.2, -0.15) is 0 Å². The second-order valence-corrected chi connectivity index (χ2v) is 7.37. The fourth-order valence-electron chi connectivity index (χ4n) is 3.23. The van der Waals surface area contributed by atoms with E-state index in [1.54, 1.807) is 17.0 Å². The molecule has 28 heavy (non-hydrogen) atoms. The number of para-hydroxylation sites is 1. The van der Waals surface area contributed by atoms with Gasteiger partial charge in [-0.1, -0.05) is 45.9 Å². The van der Waals surface area contributed by atoms with Gasteiger partial charge in [0, 0.05) is 30.5 Å². The van der Waals surface area contributed by atoms with Crippen molar-refractivity contribution in [3.8, 4) is 0 Å². The lowest BCUT2D eigenvalue weighted by Crippen LogP contribution is -2.33. The summed E-state index contributed by atoms with van der Waals surface area (Å²) in [7, 11) is 0. The topological polar surface area (TPSA) is 62.3 Å². The first-order chi connectivity index (χ1) is 13.4. The zero-order valence-corrected chi connectivity index (χ0v) is 17.6. The number of amides is 2. The molecule has 0 aliphatic carbocycles. The summed E-state index contributed by atoms with van der Waals surface area (Å²) in [6, 6.07) is 9.24. The molecule has 0 spiro atoms. The minimum Gasteiger partial charge on any atom is -0.337 e. The summed E-state index contributed by atoms with van der Waals surface area (Å²) in [6.45, 7) is 11.6. The molecule has 5 nitrogen and oxygen atoms in total. The number of benzene rings is 1. The molecule has 5 heteroatoms. The predicted molar refractivity (Wildman–Crippen MR) is 114 cm³/mol. The molecule has 1 heterocycles. The van der Waals surface area contributed by atoms with E-state index < -0.39 is 0 Å². The summed E-state index contributed by atoms with van der Waals surface area (Å²) >= 11 is 0. The number of carbonyl (C=O) groups is 2. The minimum absolute atomic E-state index is 0.128. The summed E-state index contributed by atoms with van der Waals surface area (Å²) < 4.78 is 0. The van der Waals surface area contributed by atoms with Gasteiger partial charge in [-0.3, -0.25) is 14.6 Å². The van der Waals surface area contributed by atoms with Gasteiger partial charge in [0.1, 0.15) is 5.69 Å². The zero-order chi connectivity index (χ0) is 20.7. The van der Waals surface area contributed by atoms with Gasteiger partial charge in [0.25, 0.3) is 11.8 Å². The fraction of sp³-hybridized carbons (Fsp3) is 0.435. The number of pyridine rings is 1. The van der Waals surface area contributed by atoms with Crippen molar-refractivity contribution in [1.29, 1.82) is 0 Å². The highest BCUT2D eigenvalue weighted by Crippen LogP contribution is 2.27. The van der Waals surface area contributed by atoms with E-state index in [2.05, 4.69) is 24.1 Å². The van der Waals surface area contributed by atoms with Crippen LogP contribution in [0.15, 0.2) is 36.5 Å². The Labute approximate surface area is 168 Å². The summed E-state index contributed by atoms with van der Waals surface area (Å²) in [5.74, 6) is -0.0660. The largest absolute Gasteiger partial charge is 0.337 e. The van der Waals surface area contributed by atoms with Crippen LogP contribution in [0.2, 0.25) is 0 Å². The van der Waals surface area contributed by atoms with Crippen molar-refractivity contribution < 1.29 is 9.59 Å². The molecule has 2 aromatic rings. The van der Waals surface area contributed by atoms with E-state index in [9.17, 15) is 9.59 Å². The monoisotopic (exact) mass is 381 g/mol. The minimum atomic E-state index is -0.231. The van der Waals surface area contributed by atoms with Crippen molar-refractivity contribution in [3.63, 3.8) is 0 Å². The van der Waals surface area contributed by atoms with E-state index in [-0.39, 0.29) is 11.8 Å². The average molecular weight is 382 g/mol. The number of anilines is 1. The average Bonchev–Trinajstić information content (AvgIpc) is 2.68. The van der Waals surface area contributed by atoms with E-state index in [0.29, 0.717) is 30.3 Å². The van der Waals surface area contributed by atoms with Gasteiger partial charge in [-0.15, -0.1) is 0 Å². The van der Waals surface area contributed by atoms with Crippen LogP contribution in [0.1, 0.15) is 78.4 Å². The third-order valence-electron chi connectivity index (χ3n) is 4.68. The lowest BCUT2D eigenvalue weighted by Gasteiger charge is -2.21. The van der Waals surface area contributed by atoms with Gasteiger partial charge in [0.05, 0.1) is 0 Å². The van der Waals surface area contributed by atoms with E-state index in [1.165, 1.54) is 6.20 Å². The van der Waals surface area contributed by atoms with Gasteiger partial charge >= 0.3 is 0 Å². The normalized spacial score (nSPS) is 10.8. The molecule has 1 aromatic carbocycles. The Morgan fingerprint density at radius 3 is 2.39 bits per heavy atom. The van der Waals surface area contributed by atoms with Gasteiger partial charge in [-0.25, -0.2) is 0 Å². The maximum Gasteiger partial charge on any atom is 0.272 e. The third kappa shape index (κ3) is 5.18. The third-order valence-corrected chi connectivity index (χ3v) is 4.68. The Morgan fingerprint density at radius 2 is 1.79 bits per heavy atom. The molecule has 0 atom stereocenters. The maximum atomic E-state index is 12.9. The van der Waals surface area contributed by atoms with E-state index in [1.807, 2.05) is 39.0 Å². The predicted octanol–water partition coefficient (Wildman–Crippen LogP) is 5.03. The molecule has 0 fully saturated rings. The molecule has 0 radical (unpaired) electrons. The van der Waals surface area contributed by atoms with Crippen LogP contribution in [0.3, 0.4) is 0 Å². The van der Waals surface area contributed by atoms with Gasteiger partial charge < -0.3 is 10.2 Å². The van der Waals surface area contributed by atoms with Gasteiger partial charge in [-0.05, 0) is 48.9 Å². The van der Waals surface area contributed by atoms with Crippen molar-refractivity contribution in [2.24, 2.45) is 0 Å². The van der Waals surface area contributed by atoms with Crippen molar-refractivity contribution in [2.45, 2.75) is 53.4 Å². The maximum absolute atomic E-state index is 12.9. The van der Waals surface area contributed by atoms with Crippen LogP contribution < -0.4 is 5.32 Å². The fourth-order valence-corrected chi connectivity index (χ4v) is 3.23. The highest BCUT2D eigenvalue weighted by atomic mass is 16.2. The zero-order valence-electron chi connectivity index (χ0n) is 17.6. The summed E-state index contributed by atoms with van der Waals surface area (Å²) in [4.78, 5) is 31.7. The number of rotatable bonds is 8.